The molecule has 1 N–H and O–H groups in total. The first kappa shape index (κ1) is 20.6. The molecule has 6 heteroatoms. The summed E-state index contributed by atoms with van der Waals surface area (Å²) < 4.78 is 0. The quantitative estimate of drug-likeness (QED) is 0.563. The number of aliphatic imine (C=N–C) groups is 1. The number of hydrogen-bond donors (Lipinski definition) is 1. The number of amides is 2. The number of amidine groups is 1. The van der Waals surface area contributed by atoms with Gasteiger partial charge in [-0.3, -0.25) is 14.5 Å². The summed E-state index contributed by atoms with van der Waals surface area (Å²) in [7, 11) is 0. The summed E-state index contributed by atoms with van der Waals surface area (Å²) in [6, 6.07) is 17.6. The van der Waals surface area contributed by atoms with Crippen molar-refractivity contribution in [2.45, 2.75) is 13.5 Å². The van der Waals surface area contributed by atoms with Crippen LogP contribution in [0.1, 0.15) is 16.7 Å². The van der Waals surface area contributed by atoms with Gasteiger partial charge in [0.1, 0.15) is 5.70 Å². The predicted molar refractivity (Wildman–Crippen MR) is 119 cm³/mol. The van der Waals surface area contributed by atoms with E-state index in [4.69, 9.17) is 0 Å². The summed E-state index contributed by atoms with van der Waals surface area (Å²) in [5.74, 6) is -0.106. The molecular weight excluding hydrogens is 382 g/mol. The maximum absolute atomic E-state index is 12.7. The Labute approximate surface area is 175 Å². The van der Waals surface area contributed by atoms with E-state index in [0.29, 0.717) is 24.0 Å². The zero-order valence-corrected chi connectivity index (χ0v) is 17.1. The lowest BCUT2D eigenvalue weighted by Crippen LogP contribution is -2.32. The number of carbonyl (C=O) groups is 2. The van der Waals surface area contributed by atoms with Gasteiger partial charge in [0.2, 0.25) is 5.91 Å². The zero-order valence-electron chi connectivity index (χ0n) is 16.3. The fraction of sp³-hybridized carbons (Fsp3) is 0.174. The first-order chi connectivity index (χ1) is 14.1. The average Bonchev–Trinajstić information content (AvgIpc) is 3.02. The number of benzene rings is 2. The van der Waals surface area contributed by atoms with Gasteiger partial charge in [-0.05, 0) is 24.1 Å². The Hall–Kier alpha value is -3.12. The number of thioether (sulfide) groups is 1. The molecule has 0 aromatic heterocycles. The minimum atomic E-state index is -0.183. The Balaban J connectivity index is 1.65. The zero-order chi connectivity index (χ0) is 20.6. The minimum absolute atomic E-state index is 0.108. The second-order valence-corrected chi connectivity index (χ2v) is 7.53. The van der Waals surface area contributed by atoms with Crippen LogP contribution in [0.15, 0.2) is 77.9 Å². The van der Waals surface area contributed by atoms with Crippen LogP contribution in [0.3, 0.4) is 0 Å². The second-order valence-electron chi connectivity index (χ2n) is 6.59. The van der Waals surface area contributed by atoms with Crippen molar-refractivity contribution in [3.8, 4) is 0 Å². The summed E-state index contributed by atoms with van der Waals surface area (Å²) in [5.41, 5.74) is 3.46. The van der Waals surface area contributed by atoms with Crippen LogP contribution < -0.4 is 5.32 Å². The van der Waals surface area contributed by atoms with Crippen molar-refractivity contribution in [2.24, 2.45) is 4.99 Å². The summed E-state index contributed by atoms with van der Waals surface area (Å²) in [6.45, 7) is 6.55. The number of hydrogen-bond acceptors (Lipinski definition) is 4. The Morgan fingerprint density at radius 2 is 1.90 bits per heavy atom. The molecule has 0 saturated carbocycles. The van der Waals surface area contributed by atoms with Crippen LogP contribution in [-0.4, -0.2) is 34.2 Å². The number of aryl methyl sites for hydroxylation is 1. The van der Waals surface area contributed by atoms with Gasteiger partial charge in [-0.15, -0.1) is 6.58 Å². The van der Waals surface area contributed by atoms with Crippen molar-refractivity contribution in [3.05, 3.63) is 89.6 Å². The van der Waals surface area contributed by atoms with E-state index in [2.05, 4.69) is 16.9 Å². The molecule has 5 nitrogen and oxygen atoms in total. The molecule has 0 radical (unpaired) electrons. The Morgan fingerprint density at radius 1 is 1.17 bits per heavy atom. The normalized spacial score (nSPS) is 14.8. The molecule has 0 atom stereocenters. The highest BCUT2D eigenvalue weighted by Crippen LogP contribution is 2.24. The molecule has 0 aliphatic carbocycles. The van der Waals surface area contributed by atoms with E-state index in [1.165, 1.54) is 11.8 Å². The molecule has 2 aromatic rings. The van der Waals surface area contributed by atoms with E-state index in [1.54, 1.807) is 17.1 Å². The van der Waals surface area contributed by atoms with Crippen LogP contribution in [0.25, 0.3) is 6.08 Å². The van der Waals surface area contributed by atoms with Gasteiger partial charge in [-0.25, -0.2) is 4.99 Å². The Morgan fingerprint density at radius 3 is 2.59 bits per heavy atom. The third-order valence-corrected chi connectivity index (χ3v) is 5.24. The molecule has 2 aromatic carbocycles. The van der Waals surface area contributed by atoms with Crippen molar-refractivity contribution >= 4 is 34.8 Å². The fourth-order valence-corrected chi connectivity index (χ4v) is 3.57. The fourth-order valence-electron chi connectivity index (χ4n) is 2.73. The van der Waals surface area contributed by atoms with Crippen LogP contribution in [0.2, 0.25) is 0 Å². The largest absolute Gasteiger partial charge is 0.351 e. The Kier molecular flexibility index (Phi) is 7.03. The van der Waals surface area contributed by atoms with E-state index >= 15 is 0 Å². The van der Waals surface area contributed by atoms with Gasteiger partial charge < -0.3 is 5.32 Å². The molecule has 3 rings (SSSR count). The summed E-state index contributed by atoms with van der Waals surface area (Å²) in [5, 5.41) is 3.40. The maximum atomic E-state index is 12.7. The number of nitrogens with zero attached hydrogens (tertiary/aromatic N) is 2. The second kappa shape index (κ2) is 9.89. The van der Waals surface area contributed by atoms with Crippen LogP contribution in [0, 0.1) is 6.92 Å². The molecular formula is C23H23N3O2S. The van der Waals surface area contributed by atoms with Gasteiger partial charge in [0, 0.05) is 13.1 Å². The molecule has 29 heavy (non-hydrogen) atoms. The molecule has 1 aliphatic heterocycles. The molecule has 0 spiro atoms. The molecule has 0 saturated heterocycles. The van der Waals surface area contributed by atoms with Crippen LogP contribution >= 0.6 is 11.8 Å². The highest BCUT2D eigenvalue weighted by Gasteiger charge is 2.30. The van der Waals surface area contributed by atoms with E-state index < -0.39 is 0 Å². The van der Waals surface area contributed by atoms with Crippen molar-refractivity contribution in [2.75, 3.05) is 12.3 Å². The smallest absolute Gasteiger partial charge is 0.278 e. The third-order valence-electron chi connectivity index (χ3n) is 4.27. The van der Waals surface area contributed by atoms with E-state index in [0.717, 1.165) is 16.7 Å². The number of rotatable bonds is 7. The molecule has 1 aliphatic rings. The first-order valence-electron chi connectivity index (χ1n) is 9.30. The predicted octanol–water partition coefficient (Wildman–Crippen LogP) is 3.77. The molecule has 2 amide bonds. The molecule has 0 fully saturated rings. The summed E-state index contributed by atoms with van der Waals surface area (Å²) >= 11 is 1.25. The molecule has 148 valence electrons. The highest BCUT2D eigenvalue weighted by molar-refractivity contribution is 8.14. The van der Waals surface area contributed by atoms with Crippen LogP contribution in [-0.2, 0) is 16.1 Å². The number of nitrogens with one attached hydrogen (secondary N) is 1. The number of carbonyl (C=O) groups excluding carboxylic acids is 2. The van der Waals surface area contributed by atoms with Crippen LogP contribution in [0.4, 0.5) is 0 Å². The monoisotopic (exact) mass is 405 g/mol. The first-order valence-corrected chi connectivity index (χ1v) is 10.3. The van der Waals surface area contributed by atoms with Crippen molar-refractivity contribution in [1.29, 1.82) is 0 Å². The SMILES string of the molecule is C=CCN1C(=O)/C(=C/c2ccc(C)cc2)N=C1SCC(=O)NCc1ccccc1. The van der Waals surface area contributed by atoms with E-state index in [9.17, 15) is 9.59 Å². The summed E-state index contributed by atoms with van der Waals surface area (Å²) in [4.78, 5) is 30.9. The van der Waals surface area contributed by atoms with Gasteiger partial charge >= 0.3 is 0 Å². The molecule has 1 heterocycles. The third kappa shape index (κ3) is 5.68. The van der Waals surface area contributed by atoms with Gasteiger partial charge in [-0.1, -0.05) is 78.0 Å². The standard InChI is InChI=1S/C23H23N3O2S/c1-3-13-26-22(28)20(14-18-11-9-17(2)10-12-18)25-23(26)29-16-21(27)24-15-19-7-5-4-6-8-19/h3-12,14H,1,13,15-16H2,2H3,(H,24,27)/b20-14-. The van der Waals surface area contributed by atoms with Gasteiger partial charge in [0.15, 0.2) is 5.17 Å². The van der Waals surface area contributed by atoms with Crippen molar-refractivity contribution in [1.82, 2.24) is 10.2 Å². The maximum Gasteiger partial charge on any atom is 0.278 e. The lowest BCUT2D eigenvalue weighted by atomic mass is 10.1. The summed E-state index contributed by atoms with van der Waals surface area (Å²) in [6.07, 6.45) is 3.42. The van der Waals surface area contributed by atoms with Gasteiger partial charge in [0.25, 0.3) is 5.91 Å². The van der Waals surface area contributed by atoms with Crippen LogP contribution in [0.5, 0.6) is 0 Å². The van der Waals surface area contributed by atoms with Gasteiger partial charge in [0.05, 0.1) is 5.75 Å². The highest BCUT2D eigenvalue weighted by atomic mass is 32.2. The van der Waals surface area contributed by atoms with Crippen molar-refractivity contribution < 1.29 is 9.59 Å². The average molecular weight is 406 g/mol. The topological polar surface area (TPSA) is 61.8 Å². The lowest BCUT2D eigenvalue weighted by molar-refractivity contribution is -0.122. The molecule has 0 unspecified atom stereocenters. The van der Waals surface area contributed by atoms with Crippen molar-refractivity contribution in [3.63, 3.8) is 0 Å². The minimum Gasteiger partial charge on any atom is -0.351 e. The van der Waals surface area contributed by atoms with Gasteiger partial charge in [-0.2, -0.15) is 0 Å². The van der Waals surface area contributed by atoms with E-state index in [1.807, 2.05) is 61.5 Å². The molecule has 0 bridgehead atoms. The van der Waals surface area contributed by atoms with E-state index in [-0.39, 0.29) is 17.6 Å². The Bertz CT molecular complexity index is 950. The lowest BCUT2D eigenvalue weighted by Gasteiger charge is -2.15.